The smallest absolute Gasteiger partial charge is 0.426 e. The first-order valence-electron chi connectivity index (χ1n) is 4.56. The van der Waals surface area contributed by atoms with Crippen LogP contribution in [0.25, 0.3) is 0 Å². The van der Waals surface area contributed by atoms with Gasteiger partial charge in [-0.3, -0.25) is 0 Å². The third-order valence-corrected chi connectivity index (χ3v) is 2.02. The van der Waals surface area contributed by atoms with Gasteiger partial charge in [-0.25, -0.2) is 4.39 Å². The number of benzene rings is 1. The Bertz CT molecular complexity index is 449. The molecule has 0 saturated carbocycles. The summed E-state index contributed by atoms with van der Waals surface area (Å²) < 4.78 is 44.0. The predicted octanol–water partition coefficient (Wildman–Crippen LogP) is 1.69. The molecule has 0 aliphatic rings. The second-order valence-electron chi connectivity index (χ2n) is 3.26. The molecule has 1 aromatic rings. The highest BCUT2D eigenvalue weighted by atomic mass is 19.3. The molecule has 4 nitrogen and oxygen atoms in total. The lowest BCUT2D eigenvalue weighted by Gasteiger charge is -2.20. The molecular weight excluding hydrogens is 235 g/mol. The van der Waals surface area contributed by atoms with E-state index < -0.39 is 23.4 Å². The number of hydrogen-bond acceptors (Lipinski definition) is 4. The van der Waals surface area contributed by atoms with Gasteiger partial charge in [0.2, 0.25) is 0 Å². The van der Waals surface area contributed by atoms with Crippen molar-refractivity contribution < 1.29 is 17.9 Å². The maximum Gasteiger partial charge on any atom is 0.441 e. The molecule has 0 bridgehead atoms. The SMILES string of the molecule is C=C(NC)C(F)(F)Oc1cc(F)c(N)cc1N. The maximum atomic E-state index is 13.3. The average molecular weight is 247 g/mol. The van der Waals surface area contributed by atoms with Crippen LogP contribution in [-0.2, 0) is 0 Å². The van der Waals surface area contributed by atoms with Crippen molar-refractivity contribution in [3.63, 3.8) is 0 Å². The summed E-state index contributed by atoms with van der Waals surface area (Å²) >= 11 is 0. The lowest BCUT2D eigenvalue weighted by molar-refractivity contribution is -0.145. The zero-order chi connectivity index (χ0) is 13.2. The molecule has 0 amide bonds. The van der Waals surface area contributed by atoms with Crippen molar-refractivity contribution in [2.24, 2.45) is 0 Å². The molecule has 0 atom stereocenters. The van der Waals surface area contributed by atoms with Crippen LogP contribution < -0.4 is 21.5 Å². The molecule has 1 rings (SSSR count). The standard InChI is InChI=1S/C10H12F3N3O/c1-5(16-2)10(12,13)17-9-3-6(11)7(14)4-8(9)15/h3-4,16H,1,14-15H2,2H3. The van der Waals surface area contributed by atoms with Crippen LogP contribution in [0.15, 0.2) is 24.4 Å². The van der Waals surface area contributed by atoms with Gasteiger partial charge in [0.1, 0.15) is 11.5 Å². The molecule has 0 unspecified atom stereocenters. The van der Waals surface area contributed by atoms with E-state index in [0.717, 1.165) is 6.07 Å². The van der Waals surface area contributed by atoms with Gasteiger partial charge in [0.05, 0.1) is 11.4 Å². The quantitative estimate of drug-likeness (QED) is 0.708. The van der Waals surface area contributed by atoms with Gasteiger partial charge in [-0.1, -0.05) is 6.58 Å². The summed E-state index contributed by atoms with van der Waals surface area (Å²) in [6, 6.07) is 1.70. The molecule has 5 N–H and O–H groups in total. The lowest BCUT2D eigenvalue weighted by Crippen LogP contribution is -2.33. The second-order valence-corrected chi connectivity index (χ2v) is 3.26. The van der Waals surface area contributed by atoms with Gasteiger partial charge in [0, 0.05) is 13.1 Å². The molecule has 0 aliphatic heterocycles. The van der Waals surface area contributed by atoms with Crippen LogP contribution >= 0.6 is 0 Å². The van der Waals surface area contributed by atoms with Crippen molar-refractivity contribution >= 4 is 11.4 Å². The normalized spacial score (nSPS) is 11.1. The molecule has 1 aromatic carbocycles. The summed E-state index contributed by atoms with van der Waals surface area (Å²) in [5.41, 5.74) is 9.49. The fourth-order valence-electron chi connectivity index (χ4n) is 1.02. The second kappa shape index (κ2) is 4.44. The first-order valence-corrected chi connectivity index (χ1v) is 4.56. The fraction of sp³-hybridized carbons (Fsp3) is 0.200. The number of alkyl halides is 2. The summed E-state index contributed by atoms with van der Waals surface area (Å²) in [5.74, 6) is -1.39. The number of rotatable bonds is 4. The average Bonchev–Trinajstić information content (AvgIpc) is 2.24. The molecule has 0 aliphatic carbocycles. The molecular formula is C10H12F3N3O. The number of likely N-dealkylation sites (N-methyl/N-ethyl adjacent to an activating group) is 1. The minimum atomic E-state index is -3.70. The van der Waals surface area contributed by atoms with Crippen LogP contribution in [0.1, 0.15) is 0 Å². The molecule has 0 spiro atoms. The Morgan fingerprint density at radius 2 is 1.94 bits per heavy atom. The number of anilines is 2. The molecule has 0 saturated heterocycles. The van der Waals surface area contributed by atoms with Gasteiger partial charge in [-0.2, -0.15) is 8.78 Å². The van der Waals surface area contributed by atoms with Gasteiger partial charge < -0.3 is 21.5 Å². The van der Waals surface area contributed by atoms with Crippen LogP contribution in [0, 0.1) is 5.82 Å². The zero-order valence-electron chi connectivity index (χ0n) is 9.06. The van der Waals surface area contributed by atoms with Crippen LogP contribution in [0.2, 0.25) is 0 Å². The number of nitrogens with two attached hydrogens (primary N) is 2. The van der Waals surface area contributed by atoms with E-state index in [1.54, 1.807) is 0 Å². The Morgan fingerprint density at radius 1 is 1.35 bits per heavy atom. The maximum absolute atomic E-state index is 13.3. The fourth-order valence-corrected chi connectivity index (χ4v) is 1.02. The van der Waals surface area contributed by atoms with E-state index >= 15 is 0 Å². The van der Waals surface area contributed by atoms with E-state index in [4.69, 9.17) is 11.5 Å². The van der Waals surface area contributed by atoms with Gasteiger partial charge >= 0.3 is 6.11 Å². The van der Waals surface area contributed by atoms with E-state index in [1.165, 1.54) is 7.05 Å². The Morgan fingerprint density at radius 3 is 2.47 bits per heavy atom. The Labute approximate surface area is 96.0 Å². The molecule has 0 heterocycles. The lowest BCUT2D eigenvalue weighted by atomic mass is 10.2. The number of nitrogens with one attached hydrogen (secondary N) is 1. The van der Waals surface area contributed by atoms with Gasteiger partial charge in [0.15, 0.2) is 5.75 Å². The van der Waals surface area contributed by atoms with Crippen molar-refractivity contribution in [1.29, 1.82) is 0 Å². The molecule has 0 radical (unpaired) electrons. The van der Waals surface area contributed by atoms with Gasteiger partial charge in [0.25, 0.3) is 0 Å². The van der Waals surface area contributed by atoms with Gasteiger partial charge in [-0.15, -0.1) is 0 Å². The topological polar surface area (TPSA) is 73.3 Å². The predicted molar refractivity (Wildman–Crippen MR) is 59.0 cm³/mol. The summed E-state index contributed by atoms with van der Waals surface area (Å²) in [6.45, 7) is 3.07. The Kier molecular flexibility index (Phi) is 3.40. The van der Waals surface area contributed by atoms with E-state index in [-0.39, 0.29) is 11.4 Å². The molecule has 17 heavy (non-hydrogen) atoms. The third-order valence-electron chi connectivity index (χ3n) is 2.02. The molecule has 94 valence electrons. The van der Waals surface area contributed by atoms with Crippen molar-refractivity contribution in [2.75, 3.05) is 18.5 Å². The number of hydrogen-bond donors (Lipinski definition) is 3. The molecule has 0 aromatic heterocycles. The number of ether oxygens (including phenoxy) is 1. The third kappa shape index (κ3) is 2.74. The summed E-state index contributed by atoms with van der Waals surface area (Å²) in [7, 11) is 1.26. The largest absolute Gasteiger partial charge is 0.441 e. The Balaban J connectivity index is 3.03. The highest BCUT2D eigenvalue weighted by Crippen LogP contribution is 2.32. The van der Waals surface area contributed by atoms with E-state index in [2.05, 4.69) is 16.6 Å². The number of nitrogen functional groups attached to an aromatic ring is 2. The monoisotopic (exact) mass is 247 g/mol. The van der Waals surface area contributed by atoms with Crippen LogP contribution in [0.4, 0.5) is 24.5 Å². The molecule has 0 fully saturated rings. The first kappa shape index (κ1) is 13.0. The highest BCUT2D eigenvalue weighted by molar-refractivity contribution is 5.61. The van der Waals surface area contributed by atoms with Crippen molar-refractivity contribution in [3.05, 3.63) is 30.2 Å². The summed E-state index contributed by atoms with van der Waals surface area (Å²) in [4.78, 5) is 0. The first-order chi connectivity index (χ1) is 7.77. The van der Waals surface area contributed by atoms with E-state index in [0.29, 0.717) is 6.07 Å². The highest BCUT2D eigenvalue weighted by Gasteiger charge is 2.36. The Hall–Kier alpha value is -2.05. The minimum Gasteiger partial charge on any atom is -0.426 e. The summed E-state index contributed by atoms with van der Waals surface area (Å²) in [5, 5.41) is 2.14. The van der Waals surface area contributed by atoms with Crippen LogP contribution in [0.5, 0.6) is 5.75 Å². The molecule has 7 heteroatoms. The van der Waals surface area contributed by atoms with Crippen molar-refractivity contribution in [1.82, 2.24) is 5.32 Å². The van der Waals surface area contributed by atoms with E-state index in [1.807, 2.05) is 0 Å². The van der Waals surface area contributed by atoms with Crippen molar-refractivity contribution in [3.8, 4) is 5.75 Å². The zero-order valence-corrected chi connectivity index (χ0v) is 9.06. The number of halogens is 3. The minimum absolute atomic E-state index is 0.188. The summed E-state index contributed by atoms with van der Waals surface area (Å²) in [6.07, 6.45) is -3.70. The van der Waals surface area contributed by atoms with Crippen LogP contribution in [-0.4, -0.2) is 13.2 Å². The van der Waals surface area contributed by atoms with E-state index in [9.17, 15) is 13.2 Å². The van der Waals surface area contributed by atoms with Crippen molar-refractivity contribution in [2.45, 2.75) is 6.11 Å². The van der Waals surface area contributed by atoms with Crippen LogP contribution in [0.3, 0.4) is 0 Å². The van der Waals surface area contributed by atoms with Gasteiger partial charge in [-0.05, 0) is 6.07 Å².